The summed E-state index contributed by atoms with van der Waals surface area (Å²) in [5.41, 5.74) is 5.45. The van der Waals surface area contributed by atoms with Gasteiger partial charge in [-0.05, 0) is 29.2 Å². The lowest BCUT2D eigenvalue weighted by Gasteiger charge is -2.16. The van der Waals surface area contributed by atoms with Gasteiger partial charge in [0.25, 0.3) is 0 Å². The molecule has 30 heavy (non-hydrogen) atoms. The Morgan fingerprint density at radius 1 is 0.867 bits per heavy atom. The molecule has 0 N–H and O–H groups in total. The molecule has 4 aromatic rings. The van der Waals surface area contributed by atoms with E-state index in [-0.39, 0.29) is 5.91 Å². The second-order valence-electron chi connectivity index (χ2n) is 7.38. The molecule has 0 bridgehead atoms. The highest BCUT2D eigenvalue weighted by Crippen LogP contribution is 2.28. The van der Waals surface area contributed by atoms with Gasteiger partial charge in [0.2, 0.25) is 17.6 Å². The molecule has 0 atom stereocenters. The monoisotopic (exact) mass is 395 g/mol. The summed E-state index contributed by atoms with van der Waals surface area (Å²) in [6, 6.07) is 26.4. The van der Waals surface area contributed by atoms with Crippen LogP contribution in [-0.2, 0) is 17.6 Å². The number of aromatic nitrogens is 2. The quantitative estimate of drug-likeness (QED) is 0.481. The van der Waals surface area contributed by atoms with Crippen LogP contribution in [0.5, 0.6) is 0 Å². The highest BCUT2D eigenvalue weighted by atomic mass is 16.5. The first-order valence-corrected chi connectivity index (χ1v) is 10.1. The molecule has 0 fully saturated rings. The van der Waals surface area contributed by atoms with Crippen LogP contribution in [-0.4, -0.2) is 22.6 Å². The second-order valence-corrected chi connectivity index (χ2v) is 7.38. The van der Waals surface area contributed by atoms with Gasteiger partial charge in [-0.2, -0.15) is 4.98 Å². The number of para-hydroxylation sites is 1. The van der Waals surface area contributed by atoms with Crippen LogP contribution in [0.25, 0.3) is 22.5 Å². The van der Waals surface area contributed by atoms with Crippen LogP contribution in [0, 0.1) is 0 Å². The molecular weight excluding hydrogens is 374 g/mol. The van der Waals surface area contributed by atoms with Gasteiger partial charge in [-0.15, -0.1) is 0 Å². The van der Waals surface area contributed by atoms with E-state index in [0.717, 1.165) is 29.8 Å². The molecule has 5 nitrogen and oxygen atoms in total. The summed E-state index contributed by atoms with van der Waals surface area (Å²) in [5.74, 6) is 1.12. The van der Waals surface area contributed by atoms with Crippen molar-refractivity contribution in [3.63, 3.8) is 0 Å². The molecule has 1 aliphatic rings. The maximum absolute atomic E-state index is 12.7. The van der Waals surface area contributed by atoms with Crippen LogP contribution in [0.1, 0.15) is 17.9 Å². The lowest BCUT2D eigenvalue weighted by Crippen LogP contribution is -2.29. The number of hydrogen-bond acceptors (Lipinski definition) is 4. The molecule has 0 saturated heterocycles. The third kappa shape index (κ3) is 3.62. The van der Waals surface area contributed by atoms with E-state index in [2.05, 4.69) is 40.5 Å². The van der Waals surface area contributed by atoms with Gasteiger partial charge < -0.3 is 9.42 Å². The van der Waals surface area contributed by atoms with E-state index in [1.165, 1.54) is 11.1 Å². The average Bonchev–Trinajstić information content (AvgIpc) is 3.46. The van der Waals surface area contributed by atoms with E-state index in [9.17, 15) is 4.79 Å². The maximum atomic E-state index is 12.7. The first kappa shape index (κ1) is 18.3. The largest absolute Gasteiger partial charge is 0.339 e. The van der Waals surface area contributed by atoms with Crippen molar-refractivity contribution >= 4 is 11.6 Å². The first-order chi connectivity index (χ1) is 14.8. The van der Waals surface area contributed by atoms with Crippen molar-refractivity contribution in [2.45, 2.75) is 19.3 Å². The number of carbonyl (C=O) groups is 1. The van der Waals surface area contributed by atoms with E-state index in [1.54, 1.807) is 0 Å². The van der Waals surface area contributed by atoms with Gasteiger partial charge in [-0.25, -0.2) is 0 Å². The number of rotatable bonds is 5. The summed E-state index contributed by atoms with van der Waals surface area (Å²) in [6.07, 6.45) is 1.70. The number of nitrogens with zero attached hydrogens (tertiary/aromatic N) is 3. The van der Waals surface area contributed by atoms with Crippen molar-refractivity contribution in [1.82, 2.24) is 10.1 Å². The van der Waals surface area contributed by atoms with Crippen molar-refractivity contribution in [3.05, 3.63) is 90.3 Å². The summed E-state index contributed by atoms with van der Waals surface area (Å²) < 4.78 is 5.38. The topological polar surface area (TPSA) is 59.2 Å². The normalized spacial score (nSPS) is 12.7. The fourth-order valence-electron chi connectivity index (χ4n) is 3.86. The van der Waals surface area contributed by atoms with Gasteiger partial charge in [0.15, 0.2) is 0 Å². The highest BCUT2D eigenvalue weighted by molar-refractivity contribution is 5.95. The van der Waals surface area contributed by atoms with Crippen molar-refractivity contribution in [3.8, 4) is 22.5 Å². The summed E-state index contributed by atoms with van der Waals surface area (Å²) in [6.45, 7) is 0.737. The molecule has 0 spiro atoms. The Morgan fingerprint density at radius 2 is 1.57 bits per heavy atom. The number of amides is 1. The zero-order chi connectivity index (χ0) is 20.3. The number of aryl methyl sites for hydroxylation is 1. The molecule has 3 aromatic carbocycles. The Morgan fingerprint density at radius 3 is 2.40 bits per heavy atom. The summed E-state index contributed by atoms with van der Waals surface area (Å²) >= 11 is 0. The van der Waals surface area contributed by atoms with Crippen LogP contribution in [0.15, 0.2) is 83.4 Å². The molecule has 1 amide bonds. The molecule has 5 heteroatoms. The predicted octanol–water partition coefficient (Wildman–Crippen LogP) is 4.93. The molecule has 1 aliphatic heterocycles. The van der Waals surface area contributed by atoms with Crippen LogP contribution in [0.2, 0.25) is 0 Å². The van der Waals surface area contributed by atoms with E-state index < -0.39 is 0 Å². The Labute approximate surface area is 175 Å². The van der Waals surface area contributed by atoms with Gasteiger partial charge >= 0.3 is 0 Å². The number of carbonyl (C=O) groups excluding carboxylic acids is 1. The van der Waals surface area contributed by atoms with Crippen LogP contribution >= 0.6 is 0 Å². The minimum absolute atomic E-state index is 0.0897. The van der Waals surface area contributed by atoms with Crippen molar-refractivity contribution in [1.29, 1.82) is 0 Å². The maximum Gasteiger partial charge on any atom is 0.227 e. The second kappa shape index (κ2) is 7.95. The summed E-state index contributed by atoms with van der Waals surface area (Å²) in [4.78, 5) is 19.0. The SMILES string of the molecule is O=C(CCc1nc(-c2ccc(-c3ccccc3)cc2)no1)N1CCc2ccccc21. The van der Waals surface area contributed by atoms with Crippen molar-refractivity contribution in [2.75, 3.05) is 11.4 Å². The molecule has 2 heterocycles. The van der Waals surface area contributed by atoms with E-state index in [4.69, 9.17) is 4.52 Å². The third-order valence-electron chi connectivity index (χ3n) is 5.46. The Hall–Kier alpha value is -3.73. The van der Waals surface area contributed by atoms with Gasteiger partial charge in [0.05, 0.1) is 0 Å². The average molecular weight is 395 g/mol. The van der Waals surface area contributed by atoms with Gasteiger partial charge in [0, 0.05) is 30.6 Å². The molecule has 5 rings (SSSR count). The Bertz CT molecular complexity index is 1170. The number of benzene rings is 3. The first-order valence-electron chi connectivity index (χ1n) is 10.1. The number of anilines is 1. The van der Waals surface area contributed by atoms with Gasteiger partial charge in [-0.1, -0.05) is 78.0 Å². The van der Waals surface area contributed by atoms with Crippen molar-refractivity contribution in [2.24, 2.45) is 0 Å². The number of hydrogen-bond donors (Lipinski definition) is 0. The van der Waals surface area contributed by atoms with Crippen LogP contribution in [0.3, 0.4) is 0 Å². The van der Waals surface area contributed by atoms with E-state index in [1.807, 2.05) is 53.4 Å². The summed E-state index contributed by atoms with van der Waals surface area (Å²) in [5, 5.41) is 4.09. The molecule has 1 aromatic heterocycles. The minimum Gasteiger partial charge on any atom is -0.339 e. The van der Waals surface area contributed by atoms with Crippen LogP contribution in [0.4, 0.5) is 5.69 Å². The Balaban J connectivity index is 1.23. The van der Waals surface area contributed by atoms with Gasteiger partial charge in [0.1, 0.15) is 0 Å². The molecule has 0 saturated carbocycles. The zero-order valence-electron chi connectivity index (χ0n) is 16.5. The smallest absolute Gasteiger partial charge is 0.227 e. The summed E-state index contributed by atoms with van der Waals surface area (Å²) in [7, 11) is 0. The lowest BCUT2D eigenvalue weighted by molar-refractivity contribution is -0.118. The minimum atomic E-state index is 0.0897. The molecule has 148 valence electrons. The van der Waals surface area contributed by atoms with Crippen molar-refractivity contribution < 1.29 is 9.32 Å². The predicted molar refractivity (Wildman–Crippen MR) is 116 cm³/mol. The van der Waals surface area contributed by atoms with Crippen LogP contribution < -0.4 is 4.90 Å². The molecular formula is C25H21N3O2. The van der Waals surface area contributed by atoms with Gasteiger partial charge in [-0.3, -0.25) is 4.79 Å². The molecule has 0 radical (unpaired) electrons. The Kier molecular flexibility index (Phi) is 4.85. The molecule has 0 unspecified atom stereocenters. The van der Waals surface area contributed by atoms with E-state index in [0.29, 0.717) is 24.6 Å². The highest BCUT2D eigenvalue weighted by Gasteiger charge is 2.24. The molecule has 0 aliphatic carbocycles. The zero-order valence-corrected chi connectivity index (χ0v) is 16.5. The standard InChI is InChI=1S/C25H21N3O2/c29-24(28-17-16-20-8-4-5-9-22(20)28)15-14-23-26-25(27-30-23)21-12-10-19(11-13-21)18-6-2-1-3-7-18/h1-13H,14-17H2. The number of fused-ring (bicyclic) bond motifs is 1. The fraction of sp³-hybridized carbons (Fsp3) is 0.160. The third-order valence-corrected chi connectivity index (χ3v) is 5.46. The fourth-order valence-corrected chi connectivity index (χ4v) is 3.86. The van der Waals surface area contributed by atoms with E-state index >= 15 is 0 Å². The lowest BCUT2D eigenvalue weighted by atomic mass is 10.0.